The van der Waals surface area contributed by atoms with Crippen LogP contribution in [0, 0.1) is 11.8 Å². The van der Waals surface area contributed by atoms with Crippen molar-refractivity contribution in [3.8, 4) is 0 Å². The highest BCUT2D eigenvalue weighted by Gasteiger charge is 2.40. The molecular weight excluding hydrogens is 258 g/mol. The first-order chi connectivity index (χ1) is 10.3. The van der Waals surface area contributed by atoms with E-state index < -0.39 is 0 Å². The Morgan fingerprint density at radius 2 is 1.62 bits per heavy atom. The van der Waals surface area contributed by atoms with Gasteiger partial charge in [-0.3, -0.25) is 0 Å². The topological polar surface area (TPSA) is 21.3 Å². The summed E-state index contributed by atoms with van der Waals surface area (Å²) in [6.07, 6.45) is 9.61. The van der Waals surface area contributed by atoms with Crippen molar-refractivity contribution in [2.75, 3.05) is 7.11 Å². The predicted octanol–water partition coefficient (Wildman–Crippen LogP) is 3.34. The summed E-state index contributed by atoms with van der Waals surface area (Å²) in [6.45, 7) is 0. The van der Waals surface area contributed by atoms with Gasteiger partial charge in [0.05, 0.1) is 6.10 Å². The SMILES string of the molecule is COC1CCC(NC2C3CCC2Cc2ccccc2C3)C1. The van der Waals surface area contributed by atoms with E-state index in [1.807, 2.05) is 7.11 Å². The number of nitrogens with one attached hydrogen (secondary N) is 1. The van der Waals surface area contributed by atoms with E-state index in [9.17, 15) is 0 Å². The molecule has 2 fully saturated rings. The van der Waals surface area contributed by atoms with Gasteiger partial charge in [0.25, 0.3) is 0 Å². The number of fused-ring (bicyclic) bond motifs is 3. The molecule has 0 aromatic heterocycles. The molecule has 2 bridgehead atoms. The zero-order valence-electron chi connectivity index (χ0n) is 13.1. The number of rotatable bonds is 3. The number of benzene rings is 1. The van der Waals surface area contributed by atoms with E-state index >= 15 is 0 Å². The molecule has 1 aromatic carbocycles. The van der Waals surface area contributed by atoms with Crippen molar-refractivity contribution < 1.29 is 4.74 Å². The Hall–Kier alpha value is -0.860. The third kappa shape index (κ3) is 2.64. The lowest BCUT2D eigenvalue weighted by Gasteiger charge is -2.27. The molecule has 2 saturated carbocycles. The molecule has 2 heteroatoms. The van der Waals surface area contributed by atoms with Crippen LogP contribution in [-0.2, 0) is 17.6 Å². The van der Waals surface area contributed by atoms with Crippen LogP contribution < -0.4 is 5.32 Å². The van der Waals surface area contributed by atoms with E-state index in [4.69, 9.17) is 4.74 Å². The summed E-state index contributed by atoms with van der Waals surface area (Å²) in [7, 11) is 1.86. The molecule has 1 aromatic rings. The molecule has 4 unspecified atom stereocenters. The van der Waals surface area contributed by atoms with Crippen LogP contribution in [-0.4, -0.2) is 25.3 Å². The average molecular weight is 285 g/mol. The zero-order valence-corrected chi connectivity index (χ0v) is 13.1. The van der Waals surface area contributed by atoms with Crippen molar-refractivity contribution in [2.45, 2.75) is 63.1 Å². The van der Waals surface area contributed by atoms with Gasteiger partial charge in [0.15, 0.2) is 0 Å². The molecule has 2 nitrogen and oxygen atoms in total. The Labute approximate surface area is 128 Å². The van der Waals surface area contributed by atoms with Crippen LogP contribution in [0.2, 0.25) is 0 Å². The first kappa shape index (κ1) is 13.8. The maximum Gasteiger partial charge on any atom is 0.0586 e. The molecule has 0 radical (unpaired) electrons. The Morgan fingerprint density at radius 1 is 0.952 bits per heavy atom. The van der Waals surface area contributed by atoms with Gasteiger partial charge in [-0.1, -0.05) is 24.3 Å². The van der Waals surface area contributed by atoms with Crippen molar-refractivity contribution in [1.29, 1.82) is 0 Å². The highest BCUT2D eigenvalue weighted by atomic mass is 16.5. The Bertz CT molecular complexity index is 467. The Kier molecular flexibility index (Phi) is 3.76. The molecule has 1 N–H and O–H groups in total. The second-order valence-corrected chi connectivity index (χ2v) is 7.33. The number of methoxy groups -OCH3 is 1. The standard InChI is InChI=1S/C19H27NO/c1-21-18-9-8-17(12-18)20-19-15-6-7-16(19)11-14-5-3-2-4-13(14)10-15/h2-5,15-20H,6-12H2,1H3. The molecule has 3 aliphatic carbocycles. The van der Waals surface area contributed by atoms with Gasteiger partial charge in [0.2, 0.25) is 0 Å². The molecule has 0 saturated heterocycles. The van der Waals surface area contributed by atoms with Gasteiger partial charge in [0, 0.05) is 19.2 Å². The van der Waals surface area contributed by atoms with Crippen LogP contribution in [0.15, 0.2) is 24.3 Å². The summed E-state index contributed by atoms with van der Waals surface area (Å²) in [5, 5.41) is 4.04. The van der Waals surface area contributed by atoms with Crippen LogP contribution in [0.4, 0.5) is 0 Å². The minimum absolute atomic E-state index is 0.489. The molecule has 0 amide bonds. The summed E-state index contributed by atoms with van der Waals surface area (Å²) >= 11 is 0. The number of hydrogen-bond acceptors (Lipinski definition) is 2. The van der Waals surface area contributed by atoms with Crippen LogP contribution in [0.3, 0.4) is 0 Å². The summed E-state index contributed by atoms with van der Waals surface area (Å²) < 4.78 is 5.54. The van der Waals surface area contributed by atoms with E-state index in [0.717, 1.165) is 17.9 Å². The minimum atomic E-state index is 0.489. The predicted molar refractivity (Wildman–Crippen MR) is 85.4 cm³/mol. The number of hydrogen-bond donors (Lipinski definition) is 1. The van der Waals surface area contributed by atoms with Gasteiger partial charge in [-0.2, -0.15) is 0 Å². The van der Waals surface area contributed by atoms with Gasteiger partial charge in [0.1, 0.15) is 0 Å². The van der Waals surface area contributed by atoms with Crippen molar-refractivity contribution >= 4 is 0 Å². The first-order valence-electron chi connectivity index (χ1n) is 8.69. The summed E-state index contributed by atoms with van der Waals surface area (Å²) in [5.74, 6) is 1.69. The fraction of sp³-hybridized carbons (Fsp3) is 0.684. The highest BCUT2D eigenvalue weighted by Crippen LogP contribution is 2.41. The lowest BCUT2D eigenvalue weighted by Crippen LogP contribution is -2.43. The van der Waals surface area contributed by atoms with Crippen LogP contribution in [0.1, 0.15) is 43.2 Å². The number of ether oxygens (including phenoxy) is 1. The second kappa shape index (κ2) is 5.73. The molecule has 114 valence electrons. The maximum absolute atomic E-state index is 5.54. The Morgan fingerprint density at radius 3 is 2.19 bits per heavy atom. The minimum Gasteiger partial charge on any atom is -0.381 e. The highest BCUT2D eigenvalue weighted by molar-refractivity contribution is 5.30. The van der Waals surface area contributed by atoms with Crippen molar-refractivity contribution in [3.63, 3.8) is 0 Å². The normalized spacial score (nSPS) is 38.2. The van der Waals surface area contributed by atoms with Crippen LogP contribution in [0.5, 0.6) is 0 Å². The van der Waals surface area contributed by atoms with E-state index in [1.54, 1.807) is 11.1 Å². The third-order valence-corrected chi connectivity index (χ3v) is 6.15. The van der Waals surface area contributed by atoms with Gasteiger partial charge in [-0.15, -0.1) is 0 Å². The summed E-state index contributed by atoms with van der Waals surface area (Å²) in [5.41, 5.74) is 3.22. The van der Waals surface area contributed by atoms with Gasteiger partial charge in [-0.05, 0) is 67.9 Å². The maximum atomic E-state index is 5.54. The first-order valence-corrected chi connectivity index (χ1v) is 8.69. The fourth-order valence-electron chi connectivity index (χ4n) is 5.00. The fourth-order valence-corrected chi connectivity index (χ4v) is 5.00. The zero-order chi connectivity index (χ0) is 14.2. The third-order valence-electron chi connectivity index (χ3n) is 6.15. The quantitative estimate of drug-likeness (QED) is 0.919. The van der Waals surface area contributed by atoms with Crippen LogP contribution >= 0.6 is 0 Å². The monoisotopic (exact) mass is 285 g/mol. The smallest absolute Gasteiger partial charge is 0.0586 e. The van der Waals surface area contributed by atoms with Crippen LogP contribution in [0.25, 0.3) is 0 Å². The lowest BCUT2D eigenvalue weighted by molar-refractivity contribution is 0.106. The molecular formula is C19H27NO. The van der Waals surface area contributed by atoms with Gasteiger partial charge >= 0.3 is 0 Å². The molecule has 0 heterocycles. The van der Waals surface area contributed by atoms with E-state index in [0.29, 0.717) is 12.1 Å². The van der Waals surface area contributed by atoms with E-state index in [-0.39, 0.29) is 0 Å². The summed E-state index contributed by atoms with van der Waals surface area (Å²) in [6, 6.07) is 10.5. The largest absolute Gasteiger partial charge is 0.381 e. The molecule has 4 atom stereocenters. The van der Waals surface area contributed by atoms with Crippen molar-refractivity contribution in [2.24, 2.45) is 11.8 Å². The lowest BCUT2D eigenvalue weighted by atomic mass is 9.94. The molecule has 0 spiro atoms. The van der Waals surface area contributed by atoms with Crippen molar-refractivity contribution in [3.05, 3.63) is 35.4 Å². The van der Waals surface area contributed by atoms with E-state index in [2.05, 4.69) is 29.6 Å². The molecule has 3 aliphatic rings. The Balaban J connectivity index is 1.48. The van der Waals surface area contributed by atoms with Gasteiger partial charge in [-0.25, -0.2) is 0 Å². The van der Waals surface area contributed by atoms with Gasteiger partial charge < -0.3 is 10.1 Å². The second-order valence-electron chi connectivity index (χ2n) is 7.33. The molecule has 21 heavy (non-hydrogen) atoms. The van der Waals surface area contributed by atoms with E-state index in [1.165, 1.54) is 44.9 Å². The average Bonchev–Trinajstić information content (AvgIpc) is 3.04. The molecule has 0 aliphatic heterocycles. The summed E-state index contributed by atoms with van der Waals surface area (Å²) in [4.78, 5) is 0. The van der Waals surface area contributed by atoms with Crippen molar-refractivity contribution in [1.82, 2.24) is 5.32 Å². The molecule has 4 rings (SSSR count).